The SMILES string of the molecule is CCCCOC(=O)O[C@]1(C(=O)COC(=O)CCC2CCCC2)CC[C@H]2[C@@H]3CCC4=CC(=O)CC[C@]4(C)[C@H]3C(=O)C[C@@]21C. The van der Waals surface area contributed by atoms with Crippen LogP contribution in [0, 0.1) is 34.5 Å². The molecule has 0 aromatic carbocycles. The summed E-state index contributed by atoms with van der Waals surface area (Å²) in [6.45, 7) is 5.73. The van der Waals surface area contributed by atoms with E-state index in [-0.39, 0.29) is 60.6 Å². The highest BCUT2D eigenvalue weighted by Crippen LogP contribution is 2.67. The van der Waals surface area contributed by atoms with E-state index in [0.29, 0.717) is 31.6 Å². The molecule has 4 saturated carbocycles. The van der Waals surface area contributed by atoms with E-state index in [4.69, 9.17) is 14.2 Å². The zero-order chi connectivity index (χ0) is 30.1. The number of ether oxygens (including phenoxy) is 3. The van der Waals surface area contributed by atoms with Crippen molar-refractivity contribution >= 4 is 29.5 Å². The minimum Gasteiger partial charge on any atom is -0.457 e. The molecular formula is C34H48O8. The predicted octanol–water partition coefficient (Wildman–Crippen LogP) is 6.47. The van der Waals surface area contributed by atoms with Crippen LogP contribution in [0.3, 0.4) is 0 Å². The zero-order valence-corrected chi connectivity index (χ0v) is 25.7. The fourth-order valence-corrected chi connectivity index (χ4v) is 9.48. The fraction of sp³-hybridized carbons (Fsp3) is 0.794. The van der Waals surface area contributed by atoms with Gasteiger partial charge in [-0.3, -0.25) is 19.2 Å². The Morgan fingerprint density at radius 1 is 0.976 bits per heavy atom. The maximum atomic E-state index is 14.1. The van der Waals surface area contributed by atoms with Gasteiger partial charge in [0.2, 0.25) is 5.78 Å². The molecule has 4 fully saturated rings. The molecule has 5 rings (SSSR count). The van der Waals surface area contributed by atoms with E-state index >= 15 is 0 Å². The number of hydrogen-bond acceptors (Lipinski definition) is 8. The summed E-state index contributed by atoms with van der Waals surface area (Å²) in [6, 6.07) is 0. The van der Waals surface area contributed by atoms with Gasteiger partial charge in [0.15, 0.2) is 18.0 Å². The number of allylic oxidation sites excluding steroid dienone is 1. The average molecular weight is 585 g/mol. The van der Waals surface area contributed by atoms with Crippen LogP contribution in [0.4, 0.5) is 4.79 Å². The first-order chi connectivity index (χ1) is 20.0. The molecule has 0 N–H and O–H groups in total. The minimum atomic E-state index is -1.60. The Labute approximate surface area is 249 Å². The van der Waals surface area contributed by atoms with Crippen molar-refractivity contribution in [3.05, 3.63) is 11.6 Å². The first-order valence-electron chi connectivity index (χ1n) is 16.4. The molecular weight excluding hydrogens is 536 g/mol. The van der Waals surface area contributed by atoms with Crippen LogP contribution >= 0.6 is 0 Å². The molecule has 0 aliphatic heterocycles. The van der Waals surface area contributed by atoms with Gasteiger partial charge >= 0.3 is 12.1 Å². The monoisotopic (exact) mass is 584 g/mol. The quantitative estimate of drug-likeness (QED) is 0.212. The number of hydrogen-bond donors (Lipinski definition) is 0. The van der Waals surface area contributed by atoms with Crippen LogP contribution in [0.5, 0.6) is 0 Å². The molecule has 0 spiro atoms. The van der Waals surface area contributed by atoms with Crippen LogP contribution in [0.15, 0.2) is 11.6 Å². The van der Waals surface area contributed by atoms with Gasteiger partial charge in [0.1, 0.15) is 5.78 Å². The Balaban J connectivity index is 1.37. The smallest absolute Gasteiger partial charge is 0.457 e. The molecule has 0 radical (unpaired) electrons. The second-order valence-electron chi connectivity index (χ2n) is 14.1. The van der Waals surface area contributed by atoms with Gasteiger partial charge in [-0.15, -0.1) is 0 Å². The Bertz CT molecular complexity index is 1130. The van der Waals surface area contributed by atoms with Crippen LogP contribution in [0.2, 0.25) is 0 Å². The average Bonchev–Trinajstić information content (AvgIpc) is 3.57. The molecule has 0 aromatic heterocycles. The van der Waals surface area contributed by atoms with Crippen molar-refractivity contribution in [1.82, 2.24) is 0 Å². The van der Waals surface area contributed by atoms with Crippen LogP contribution in [0.25, 0.3) is 0 Å². The van der Waals surface area contributed by atoms with Crippen LogP contribution < -0.4 is 0 Å². The number of Topliss-reactive ketones (excluding diaryl/α,β-unsaturated/α-hetero) is 2. The molecule has 0 amide bonds. The number of unbranched alkanes of at least 4 members (excludes halogenated alkanes) is 1. The number of esters is 1. The zero-order valence-electron chi connectivity index (χ0n) is 25.7. The summed E-state index contributed by atoms with van der Waals surface area (Å²) >= 11 is 0. The van der Waals surface area contributed by atoms with Gasteiger partial charge in [-0.2, -0.15) is 0 Å². The minimum absolute atomic E-state index is 0.0231. The Morgan fingerprint density at radius 2 is 1.74 bits per heavy atom. The van der Waals surface area contributed by atoms with E-state index in [2.05, 4.69) is 6.92 Å². The van der Waals surface area contributed by atoms with Gasteiger partial charge in [-0.25, -0.2) is 4.79 Å². The van der Waals surface area contributed by atoms with Gasteiger partial charge in [0.05, 0.1) is 6.61 Å². The summed E-state index contributed by atoms with van der Waals surface area (Å²) in [5.41, 5.74) is -1.83. The normalized spacial score (nSPS) is 36.0. The van der Waals surface area contributed by atoms with Crippen molar-refractivity contribution in [3.8, 4) is 0 Å². The number of ketones is 3. The summed E-state index contributed by atoms with van der Waals surface area (Å²) in [4.78, 5) is 66.0. The molecule has 5 aliphatic rings. The summed E-state index contributed by atoms with van der Waals surface area (Å²) in [6.07, 6.45) is 11.7. The summed E-state index contributed by atoms with van der Waals surface area (Å²) in [5.74, 6) is -0.375. The maximum absolute atomic E-state index is 14.1. The van der Waals surface area contributed by atoms with Gasteiger partial charge in [0, 0.05) is 30.6 Å². The molecule has 5 aliphatic carbocycles. The molecule has 8 nitrogen and oxygen atoms in total. The van der Waals surface area contributed by atoms with E-state index in [1.807, 2.05) is 13.8 Å². The Hall–Kier alpha value is -2.51. The highest BCUT2D eigenvalue weighted by atomic mass is 16.7. The number of fused-ring (bicyclic) bond motifs is 5. The van der Waals surface area contributed by atoms with Crippen molar-refractivity contribution < 1.29 is 38.2 Å². The van der Waals surface area contributed by atoms with Crippen molar-refractivity contribution in [2.24, 2.45) is 34.5 Å². The second-order valence-corrected chi connectivity index (χ2v) is 14.1. The van der Waals surface area contributed by atoms with Crippen molar-refractivity contribution in [1.29, 1.82) is 0 Å². The van der Waals surface area contributed by atoms with Crippen molar-refractivity contribution in [3.63, 3.8) is 0 Å². The lowest BCUT2D eigenvalue weighted by molar-refractivity contribution is -0.177. The van der Waals surface area contributed by atoms with Crippen LogP contribution in [-0.4, -0.2) is 48.3 Å². The molecule has 42 heavy (non-hydrogen) atoms. The van der Waals surface area contributed by atoms with Gasteiger partial charge in [-0.05, 0) is 74.2 Å². The molecule has 8 heteroatoms. The summed E-state index contributed by atoms with van der Waals surface area (Å²) in [5, 5.41) is 0. The van der Waals surface area contributed by atoms with Crippen LogP contribution in [0.1, 0.15) is 117 Å². The van der Waals surface area contributed by atoms with E-state index < -0.39 is 35.5 Å². The predicted molar refractivity (Wildman–Crippen MR) is 154 cm³/mol. The third-order valence-electron chi connectivity index (χ3n) is 11.8. The number of carbonyl (C=O) groups is 5. The lowest BCUT2D eigenvalue weighted by atomic mass is 9.46. The van der Waals surface area contributed by atoms with E-state index in [0.717, 1.165) is 44.1 Å². The molecule has 0 heterocycles. The van der Waals surface area contributed by atoms with E-state index in [9.17, 15) is 24.0 Å². The lowest BCUT2D eigenvalue weighted by Crippen LogP contribution is -2.62. The maximum Gasteiger partial charge on any atom is 0.509 e. The van der Waals surface area contributed by atoms with Crippen LogP contribution in [-0.2, 0) is 33.4 Å². The molecule has 6 atom stereocenters. The van der Waals surface area contributed by atoms with Crippen molar-refractivity contribution in [2.75, 3.05) is 13.2 Å². The van der Waals surface area contributed by atoms with Gasteiger partial charge in [-0.1, -0.05) is 58.4 Å². The number of carbonyl (C=O) groups excluding carboxylic acids is 5. The third kappa shape index (κ3) is 5.47. The third-order valence-corrected chi connectivity index (χ3v) is 11.8. The first-order valence-corrected chi connectivity index (χ1v) is 16.4. The first kappa shape index (κ1) is 30.9. The molecule has 0 bridgehead atoms. The van der Waals surface area contributed by atoms with E-state index in [1.54, 1.807) is 6.08 Å². The van der Waals surface area contributed by atoms with Gasteiger partial charge in [0.25, 0.3) is 0 Å². The Kier molecular flexibility index (Phi) is 9.01. The van der Waals surface area contributed by atoms with Gasteiger partial charge < -0.3 is 14.2 Å². The molecule has 0 saturated heterocycles. The van der Waals surface area contributed by atoms with Crippen molar-refractivity contribution in [2.45, 2.75) is 123 Å². The molecule has 232 valence electrons. The largest absolute Gasteiger partial charge is 0.509 e. The highest BCUT2D eigenvalue weighted by Gasteiger charge is 2.71. The molecule has 0 unspecified atom stereocenters. The summed E-state index contributed by atoms with van der Waals surface area (Å²) in [7, 11) is 0. The topological polar surface area (TPSA) is 113 Å². The summed E-state index contributed by atoms with van der Waals surface area (Å²) < 4.78 is 16.9. The lowest BCUT2D eigenvalue weighted by Gasteiger charge is -2.57. The van der Waals surface area contributed by atoms with E-state index in [1.165, 1.54) is 12.8 Å². The fourth-order valence-electron chi connectivity index (χ4n) is 9.48. The standard InChI is InChI=1S/C34H48O8/c1-4-5-18-40-31(39)42-34(28(37)21-41-29(38)13-10-22-8-6-7-9-22)17-15-26-25-12-11-23-19-24(35)14-16-32(23,2)30(25)27(36)20-33(26,34)3/h19,22,25-26,30H,4-18,20-21H2,1-3H3/t25-,26-,30+,32-,33-,34-/m0/s1. The molecule has 0 aromatic rings. The Morgan fingerprint density at radius 3 is 2.48 bits per heavy atom. The highest BCUT2D eigenvalue weighted by molar-refractivity contribution is 5.96. The number of rotatable bonds is 10. The second kappa shape index (κ2) is 12.2.